The lowest BCUT2D eigenvalue weighted by atomic mass is 10.0. The van der Waals surface area contributed by atoms with E-state index in [1.165, 1.54) is 0 Å². The topological polar surface area (TPSA) is 42.4 Å². The molecule has 0 N–H and O–H groups in total. The van der Waals surface area contributed by atoms with E-state index in [2.05, 4.69) is 4.98 Å². The quantitative estimate of drug-likeness (QED) is 0.768. The molecule has 0 spiro atoms. The molecule has 86 valence electrons. The van der Waals surface area contributed by atoms with Crippen LogP contribution in [0.3, 0.4) is 0 Å². The van der Waals surface area contributed by atoms with Crippen LogP contribution in [0.15, 0.2) is 24.5 Å². The van der Waals surface area contributed by atoms with E-state index in [9.17, 15) is 4.79 Å². The van der Waals surface area contributed by atoms with Crippen molar-refractivity contribution < 1.29 is 9.53 Å². The molecule has 2 heterocycles. The second kappa shape index (κ2) is 4.12. The zero-order valence-electron chi connectivity index (χ0n) is 9.75. The Labute approximate surface area is 95.2 Å². The summed E-state index contributed by atoms with van der Waals surface area (Å²) in [5.74, 6) is 0. The van der Waals surface area contributed by atoms with Gasteiger partial charge in [-0.25, -0.2) is 4.79 Å². The van der Waals surface area contributed by atoms with E-state index in [0.29, 0.717) is 0 Å². The van der Waals surface area contributed by atoms with Gasteiger partial charge in [0.1, 0.15) is 0 Å². The maximum Gasteiger partial charge on any atom is 0.411 e. The SMILES string of the molecule is CC(C)N1C(=O)O[C@H](c2cccnc2)[C@@H]1C. The van der Waals surface area contributed by atoms with Gasteiger partial charge in [0.25, 0.3) is 0 Å². The Bertz CT molecular complexity index is 378. The highest BCUT2D eigenvalue weighted by molar-refractivity contribution is 5.71. The Morgan fingerprint density at radius 1 is 1.50 bits per heavy atom. The maximum atomic E-state index is 11.7. The van der Waals surface area contributed by atoms with E-state index < -0.39 is 0 Å². The van der Waals surface area contributed by atoms with Crippen molar-refractivity contribution in [2.75, 3.05) is 0 Å². The number of cyclic esters (lactones) is 1. The van der Waals surface area contributed by atoms with Crippen molar-refractivity contribution in [2.24, 2.45) is 0 Å². The minimum atomic E-state index is -0.239. The average Bonchev–Trinajstić information content (AvgIpc) is 2.55. The molecule has 16 heavy (non-hydrogen) atoms. The molecule has 4 nitrogen and oxygen atoms in total. The first-order valence-corrected chi connectivity index (χ1v) is 5.50. The summed E-state index contributed by atoms with van der Waals surface area (Å²) >= 11 is 0. The van der Waals surface area contributed by atoms with Gasteiger partial charge in [0.2, 0.25) is 0 Å². The van der Waals surface area contributed by atoms with E-state index in [0.717, 1.165) is 5.56 Å². The number of carbonyl (C=O) groups is 1. The van der Waals surface area contributed by atoms with Gasteiger partial charge in [-0.05, 0) is 26.8 Å². The number of hydrogen-bond acceptors (Lipinski definition) is 3. The molecular formula is C12H16N2O2. The molecular weight excluding hydrogens is 204 g/mol. The van der Waals surface area contributed by atoms with Gasteiger partial charge in [0.05, 0.1) is 6.04 Å². The molecule has 1 aliphatic rings. The minimum absolute atomic E-state index is 0.0525. The fourth-order valence-electron chi connectivity index (χ4n) is 2.15. The molecule has 0 unspecified atom stereocenters. The summed E-state index contributed by atoms with van der Waals surface area (Å²) in [6.45, 7) is 5.98. The van der Waals surface area contributed by atoms with Crippen molar-refractivity contribution in [3.05, 3.63) is 30.1 Å². The summed E-state index contributed by atoms with van der Waals surface area (Å²) < 4.78 is 5.38. The monoisotopic (exact) mass is 220 g/mol. The number of carbonyl (C=O) groups excluding carboxylic acids is 1. The molecule has 1 saturated heterocycles. The van der Waals surface area contributed by atoms with Crippen LogP contribution < -0.4 is 0 Å². The van der Waals surface area contributed by atoms with Gasteiger partial charge in [-0.2, -0.15) is 0 Å². The van der Waals surface area contributed by atoms with Crippen LogP contribution in [0.5, 0.6) is 0 Å². The van der Waals surface area contributed by atoms with Crippen molar-refractivity contribution in [1.29, 1.82) is 0 Å². The highest BCUT2D eigenvalue weighted by Crippen LogP contribution is 2.32. The molecule has 0 bridgehead atoms. The standard InChI is InChI=1S/C12H16N2O2/c1-8(2)14-9(3)11(16-12(14)15)10-5-4-6-13-7-10/h4-9,11H,1-3H3/t9-,11-/m0/s1. The third-order valence-electron chi connectivity index (χ3n) is 2.88. The van der Waals surface area contributed by atoms with Crippen LogP contribution in [0.25, 0.3) is 0 Å². The first-order valence-electron chi connectivity index (χ1n) is 5.50. The van der Waals surface area contributed by atoms with Gasteiger partial charge in [0.15, 0.2) is 6.10 Å². The predicted octanol–water partition coefficient (Wildman–Crippen LogP) is 2.37. The van der Waals surface area contributed by atoms with Crippen molar-refractivity contribution in [1.82, 2.24) is 9.88 Å². The van der Waals surface area contributed by atoms with Crippen LogP contribution in [0.4, 0.5) is 4.79 Å². The summed E-state index contributed by atoms with van der Waals surface area (Å²) in [6.07, 6.45) is 3.02. The van der Waals surface area contributed by atoms with Crippen LogP contribution in [0.1, 0.15) is 32.4 Å². The molecule has 2 rings (SSSR count). The third kappa shape index (κ3) is 1.75. The molecule has 1 fully saturated rings. The summed E-state index contributed by atoms with van der Waals surface area (Å²) in [5, 5.41) is 0. The number of pyridine rings is 1. The molecule has 0 aromatic carbocycles. The van der Waals surface area contributed by atoms with Gasteiger partial charge in [-0.15, -0.1) is 0 Å². The lowest BCUT2D eigenvalue weighted by Gasteiger charge is -2.24. The Kier molecular flexibility index (Phi) is 2.81. The smallest absolute Gasteiger partial charge is 0.411 e. The Morgan fingerprint density at radius 3 is 2.75 bits per heavy atom. The summed E-state index contributed by atoms with van der Waals surface area (Å²) in [4.78, 5) is 17.5. The number of rotatable bonds is 2. The highest BCUT2D eigenvalue weighted by atomic mass is 16.6. The van der Waals surface area contributed by atoms with Crippen molar-refractivity contribution in [2.45, 2.75) is 39.0 Å². The normalized spacial score (nSPS) is 25.0. The van der Waals surface area contributed by atoms with Crippen molar-refractivity contribution >= 4 is 6.09 Å². The van der Waals surface area contributed by atoms with Crippen LogP contribution in [-0.4, -0.2) is 28.1 Å². The highest BCUT2D eigenvalue weighted by Gasteiger charge is 2.40. The maximum absolute atomic E-state index is 11.7. The number of aromatic nitrogens is 1. The van der Waals surface area contributed by atoms with Crippen LogP contribution in [0.2, 0.25) is 0 Å². The fourth-order valence-corrected chi connectivity index (χ4v) is 2.15. The van der Waals surface area contributed by atoms with E-state index in [1.807, 2.05) is 32.9 Å². The first kappa shape index (κ1) is 10.9. The second-order valence-corrected chi connectivity index (χ2v) is 4.33. The van der Waals surface area contributed by atoms with Crippen molar-refractivity contribution in [3.63, 3.8) is 0 Å². The van der Waals surface area contributed by atoms with E-state index in [-0.39, 0.29) is 24.3 Å². The third-order valence-corrected chi connectivity index (χ3v) is 2.88. The van der Waals surface area contributed by atoms with Gasteiger partial charge < -0.3 is 4.74 Å². The number of nitrogens with zero attached hydrogens (tertiary/aromatic N) is 2. The average molecular weight is 220 g/mol. The number of amides is 1. The summed E-state index contributed by atoms with van der Waals surface area (Å²) in [7, 11) is 0. The Morgan fingerprint density at radius 2 is 2.25 bits per heavy atom. The second-order valence-electron chi connectivity index (χ2n) is 4.33. The van der Waals surface area contributed by atoms with E-state index in [4.69, 9.17) is 4.74 Å². The summed E-state index contributed by atoms with van der Waals surface area (Å²) in [5.41, 5.74) is 0.950. The van der Waals surface area contributed by atoms with Gasteiger partial charge in [-0.3, -0.25) is 9.88 Å². The Balaban J connectivity index is 2.24. The molecule has 1 amide bonds. The zero-order valence-corrected chi connectivity index (χ0v) is 9.75. The van der Waals surface area contributed by atoms with Crippen molar-refractivity contribution in [3.8, 4) is 0 Å². The molecule has 0 radical (unpaired) electrons. The minimum Gasteiger partial charge on any atom is -0.439 e. The fraction of sp³-hybridized carbons (Fsp3) is 0.500. The predicted molar refractivity (Wildman–Crippen MR) is 59.9 cm³/mol. The zero-order chi connectivity index (χ0) is 11.7. The molecule has 1 aliphatic heterocycles. The lowest BCUT2D eigenvalue weighted by Crippen LogP contribution is -2.37. The first-order chi connectivity index (χ1) is 7.61. The van der Waals surface area contributed by atoms with E-state index >= 15 is 0 Å². The molecule has 4 heteroatoms. The Hall–Kier alpha value is -1.58. The van der Waals surface area contributed by atoms with E-state index in [1.54, 1.807) is 17.3 Å². The molecule has 0 aliphatic carbocycles. The van der Waals surface area contributed by atoms with Gasteiger partial charge in [0, 0.05) is 24.0 Å². The lowest BCUT2D eigenvalue weighted by molar-refractivity contribution is 0.128. The number of ether oxygens (including phenoxy) is 1. The molecule has 0 saturated carbocycles. The summed E-state index contributed by atoms with van der Waals surface area (Å²) in [6, 6.07) is 4.00. The largest absolute Gasteiger partial charge is 0.439 e. The van der Waals surface area contributed by atoms with Crippen LogP contribution in [0, 0.1) is 0 Å². The van der Waals surface area contributed by atoms with Gasteiger partial charge >= 0.3 is 6.09 Å². The van der Waals surface area contributed by atoms with Crippen LogP contribution in [-0.2, 0) is 4.74 Å². The number of hydrogen-bond donors (Lipinski definition) is 0. The van der Waals surface area contributed by atoms with Gasteiger partial charge in [-0.1, -0.05) is 6.07 Å². The molecule has 1 aromatic heterocycles. The molecule has 1 aromatic rings. The van der Waals surface area contributed by atoms with Crippen LogP contribution >= 0.6 is 0 Å². The molecule has 2 atom stereocenters.